The molecule has 1 aromatic carbocycles. The summed E-state index contributed by atoms with van der Waals surface area (Å²) in [7, 11) is 1.66. The molecule has 0 spiro atoms. The van der Waals surface area contributed by atoms with Gasteiger partial charge in [0.05, 0.1) is 12.0 Å². The highest BCUT2D eigenvalue weighted by molar-refractivity contribution is 5.80. The normalized spacial score (nSPS) is 19.2. The Labute approximate surface area is 126 Å². The second kappa shape index (κ2) is 6.37. The van der Waals surface area contributed by atoms with Gasteiger partial charge in [0, 0.05) is 26.1 Å². The van der Waals surface area contributed by atoms with Gasteiger partial charge in [0.15, 0.2) is 0 Å². The molecule has 4 nitrogen and oxygen atoms in total. The molecule has 1 heterocycles. The van der Waals surface area contributed by atoms with Crippen molar-refractivity contribution in [2.24, 2.45) is 0 Å². The first-order valence-electron chi connectivity index (χ1n) is 6.95. The molecule has 0 unspecified atom stereocenters. The smallest absolute Gasteiger partial charge is 0.351 e. The summed E-state index contributed by atoms with van der Waals surface area (Å²) in [5.74, 6) is -0.310. The van der Waals surface area contributed by atoms with Crippen molar-refractivity contribution in [2.75, 3.05) is 13.6 Å². The molecular weight excluding hydrogens is 297 g/mol. The first-order chi connectivity index (χ1) is 10.3. The fourth-order valence-electron chi connectivity index (χ4n) is 2.45. The Morgan fingerprint density at radius 3 is 2.77 bits per heavy atom. The number of hydrogen-bond acceptors (Lipinski definition) is 2. The Hall–Kier alpha value is -2.05. The minimum Gasteiger partial charge on any atom is -0.351 e. The number of likely N-dealkylation sites (tertiary alicyclic amines) is 1. The van der Waals surface area contributed by atoms with Crippen LogP contribution in [0.3, 0.4) is 0 Å². The SMILES string of the molecule is CN1C[C@H](NC(=O)Cc2cccc(C(F)(F)F)c2)CCC1=O. The molecular formula is C15H17F3N2O2. The molecule has 2 amide bonds. The van der Waals surface area contributed by atoms with Crippen LogP contribution in [0.4, 0.5) is 13.2 Å². The summed E-state index contributed by atoms with van der Waals surface area (Å²) in [5.41, 5.74) is -0.451. The second-order valence-corrected chi connectivity index (χ2v) is 5.45. The molecule has 1 saturated heterocycles. The lowest BCUT2D eigenvalue weighted by Crippen LogP contribution is -2.48. The molecule has 0 aromatic heterocycles. The summed E-state index contributed by atoms with van der Waals surface area (Å²) in [6.07, 6.45) is -3.61. The predicted octanol–water partition coefficient (Wildman–Crippen LogP) is 1.98. The molecule has 1 aliphatic heterocycles. The largest absolute Gasteiger partial charge is 0.416 e. The van der Waals surface area contributed by atoms with Crippen molar-refractivity contribution in [1.29, 1.82) is 0 Å². The molecule has 22 heavy (non-hydrogen) atoms. The summed E-state index contributed by atoms with van der Waals surface area (Å²) in [6, 6.07) is 4.59. The molecule has 1 aliphatic rings. The van der Waals surface area contributed by atoms with Crippen molar-refractivity contribution in [3.8, 4) is 0 Å². The molecule has 0 radical (unpaired) electrons. The summed E-state index contributed by atoms with van der Waals surface area (Å²) in [6.45, 7) is 0.424. The molecule has 0 saturated carbocycles. The fraction of sp³-hybridized carbons (Fsp3) is 0.467. The van der Waals surface area contributed by atoms with Crippen LogP contribution in [-0.2, 0) is 22.2 Å². The predicted molar refractivity (Wildman–Crippen MR) is 73.9 cm³/mol. The van der Waals surface area contributed by atoms with Crippen LogP contribution in [0.5, 0.6) is 0 Å². The van der Waals surface area contributed by atoms with Crippen LogP contribution in [0.2, 0.25) is 0 Å². The number of nitrogens with zero attached hydrogens (tertiary/aromatic N) is 1. The van der Waals surface area contributed by atoms with Crippen LogP contribution in [0, 0.1) is 0 Å². The molecule has 2 rings (SSSR count). The van der Waals surface area contributed by atoms with Gasteiger partial charge in [-0.05, 0) is 18.1 Å². The van der Waals surface area contributed by atoms with E-state index in [-0.39, 0.29) is 24.3 Å². The third-order valence-electron chi connectivity index (χ3n) is 3.61. The maximum Gasteiger partial charge on any atom is 0.416 e. The number of hydrogen-bond donors (Lipinski definition) is 1. The number of likely N-dealkylation sites (N-methyl/N-ethyl adjacent to an activating group) is 1. The Bertz CT molecular complexity index is 572. The summed E-state index contributed by atoms with van der Waals surface area (Å²) >= 11 is 0. The highest BCUT2D eigenvalue weighted by Gasteiger charge is 2.30. The highest BCUT2D eigenvalue weighted by Crippen LogP contribution is 2.29. The van der Waals surface area contributed by atoms with Gasteiger partial charge in [-0.25, -0.2) is 0 Å². The van der Waals surface area contributed by atoms with Gasteiger partial charge in [-0.15, -0.1) is 0 Å². The van der Waals surface area contributed by atoms with E-state index >= 15 is 0 Å². The van der Waals surface area contributed by atoms with Crippen molar-refractivity contribution in [3.05, 3.63) is 35.4 Å². The summed E-state index contributed by atoms with van der Waals surface area (Å²) in [5, 5.41) is 2.76. The number of carbonyl (C=O) groups is 2. The van der Waals surface area contributed by atoms with Crippen LogP contribution in [-0.4, -0.2) is 36.3 Å². The van der Waals surface area contributed by atoms with E-state index in [0.29, 0.717) is 24.9 Å². The van der Waals surface area contributed by atoms with Crippen molar-refractivity contribution in [3.63, 3.8) is 0 Å². The number of carbonyl (C=O) groups excluding carboxylic acids is 2. The third kappa shape index (κ3) is 4.22. The Morgan fingerprint density at radius 2 is 2.14 bits per heavy atom. The molecule has 1 atom stereocenters. The van der Waals surface area contributed by atoms with E-state index in [4.69, 9.17) is 0 Å². The number of alkyl halides is 3. The molecule has 1 aromatic rings. The minimum atomic E-state index is -4.42. The second-order valence-electron chi connectivity index (χ2n) is 5.45. The van der Waals surface area contributed by atoms with Crippen molar-refractivity contribution >= 4 is 11.8 Å². The van der Waals surface area contributed by atoms with E-state index in [9.17, 15) is 22.8 Å². The van der Waals surface area contributed by atoms with Crippen LogP contribution in [0.25, 0.3) is 0 Å². The molecule has 0 bridgehead atoms. The van der Waals surface area contributed by atoms with Gasteiger partial charge in [0.2, 0.25) is 11.8 Å². The van der Waals surface area contributed by atoms with Crippen molar-refractivity contribution < 1.29 is 22.8 Å². The number of piperidine rings is 1. The molecule has 1 fully saturated rings. The van der Waals surface area contributed by atoms with Gasteiger partial charge in [-0.1, -0.05) is 18.2 Å². The maximum absolute atomic E-state index is 12.6. The first kappa shape index (κ1) is 16.3. The van der Waals surface area contributed by atoms with Gasteiger partial charge >= 0.3 is 6.18 Å². The van der Waals surface area contributed by atoms with Gasteiger partial charge in [0.1, 0.15) is 0 Å². The van der Waals surface area contributed by atoms with Crippen LogP contribution >= 0.6 is 0 Å². The van der Waals surface area contributed by atoms with E-state index < -0.39 is 11.7 Å². The van der Waals surface area contributed by atoms with E-state index in [2.05, 4.69) is 5.32 Å². The zero-order valence-electron chi connectivity index (χ0n) is 12.1. The zero-order valence-corrected chi connectivity index (χ0v) is 12.1. The van der Waals surface area contributed by atoms with Crippen LogP contribution < -0.4 is 5.32 Å². The standard InChI is InChI=1S/C15H17F3N2O2/c1-20-9-12(5-6-14(20)22)19-13(21)8-10-3-2-4-11(7-10)15(16,17)18/h2-4,7,12H,5-6,8-9H2,1H3,(H,19,21)/t12-/m1/s1. The minimum absolute atomic E-state index is 0.0309. The van der Waals surface area contributed by atoms with Crippen molar-refractivity contribution in [2.45, 2.75) is 31.5 Å². The molecule has 0 aliphatic carbocycles. The lowest BCUT2D eigenvalue weighted by atomic mass is 10.0. The highest BCUT2D eigenvalue weighted by atomic mass is 19.4. The maximum atomic E-state index is 12.6. The van der Waals surface area contributed by atoms with Crippen molar-refractivity contribution in [1.82, 2.24) is 10.2 Å². The van der Waals surface area contributed by atoms with Gasteiger partial charge in [-0.2, -0.15) is 13.2 Å². The number of benzene rings is 1. The molecule has 7 heteroatoms. The third-order valence-corrected chi connectivity index (χ3v) is 3.61. The number of nitrogens with one attached hydrogen (secondary N) is 1. The first-order valence-corrected chi connectivity index (χ1v) is 6.95. The average molecular weight is 314 g/mol. The van der Waals surface area contributed by atoms with E-state index in [0.717, 1.165) is 12.1 Å². The van der Waals surface area contributed by atoms with E-state index in [1.165, 1.54) is 12.1 Å². The van der Waals surface area contributed by atoms with Gasteiger partial charge < -0.3 is 10.2 Å². The topological polar surface area (TPSA) is 49.4 Å². The van der Waals surface area contributed by atoms with E-state index in [1.807, 2.05) is 0 Å². The summed E-state index contributed by atoms with van der Waals surface area (Å²) in [4.78, 5) is 24.8. The lowest BCUT2D eigenvalue weighted by Gasteiger charge is -2.30. The van der Waals surface area contributed by atoms with E-state index in [1.54, 1.807) is 11.9 Å². The summed E-state index contributed by atoms with van der Waals surface area (Å²) < 4.78 is 37.9. The molecule has 1 N–H and O–H groups in total. The zero-order chi connectivity index (χ0) is 16.3. The average Bonchev–Trinajstić information content (AvgIpc) is 2.42. The van der Waals surface area contributed by atoms with Gasteiger partial charge in [0.25, 0.3) is 0 Å². The number of halogens is 3. The van der Waals surface area contributed by atoms with Crippen LogP contribution in [0.1, 0.15) is 24.0 Å². The Morgan fingerprint density at radius 1 is 1.41 bits per heavy atom. The monoisotopic (exact) mass is 314 g/mol. The molecule has 120 valence electrons. The number of rotatable bonds is 3. The Balaban J connectivity index is 1.94. The quantitative estimate of drug-likeness (QED) is 0.927. The van der Waals surface area contributed by atoms with Crippen LogP contribution in [0.15, 0.2) is 24.3 Å². The lowest BCUT2D eigenvalue weighted by molar-refractivity contribution is -0.137. The number of amides is 2. The Kier molecular flexibility index (Phi) is 4.73. The van der Waals surface area contributed by atoms with Gasteiger partial charge in [-0.3, -0.25) is 9.59 Å². The fourth-order valence-corrected chi connectivity index (χ4v) is 2.45.